The maximum absolute atomic E-state index is 12.4. The SMILES string of the molecule is CCOc1ccc(-c2nc(C[NH+]3CCN(C(=O)c4ccco4)CC3)cs2)cc1. The zero-order chi connectivity index (χ0) is 19.3. The first-order valence-electron chi connectivity index (χ1n) is 9.57. The highest BCUT2D eigenvalue weighted by Crippen LogP contribution is 2.25. The van der Waals surface area contributed by atoms with Gasteiger partial charge < -0.3 is 19.0 Å². The summed E-state index contributed by atoms with van der Waals surface area (Å²) in [5.41, 5.74) is 2.22. The summed E-state index contributed by atoms with van der Waals surface area (Å²) in [5.74, 6) is 1.29. The molecule has 0 saturated carbocycles. The third-order valence-corrected chi connectivity index (χ3v) is 5.83. The minimum atomic E-state index is -0.0181. The van der Waals surface area contributed by atoms with Gasteiger partial charge in [-0.25, -0.2) is 4.98 Å². The molecule has 0 unspecified atom stereocenters. The maximum Gasteiger partial charge on any atom is 0.289 e. The van der Waals surface area contributed by atoms with Crippen LogP contribution in [0.25, 0.3) is 10.6 Å². The molecule has 2 aromatic heterocycles. The van der Waals surface area contributed by atoms with E-state index in [9.17, 15) is 4.79 Å². The monoisotopic (exact) mass is 398 g/mol. The van der Waals surface area contributed by atoms with Crippen molar-refractivity contribution in [2.24, 2.45) is 0 Å². The van der Waals surface area contributed by atoms with Crippen molar-refractivity contribution in [3.05, 3.63) is 59.5 Å². The van der Waals surface area contributed by atoms with Gasteiger partial charge in [0.15, 0.2) is 5.76 Å². The van der Waals surface area contributed by atoms with Crippen LogP contribution in [0.4, 0.5) is 0 Å². The van der Waals surface area contributed by atoms with Crippen LogP contribution in [0.3, 0.4) is 0 Å². The van der Waals surface area contributed by atoms with Crippen molar-refractivity contribution >= 4 is 17.2 Å². The van der Waals surface area contributed by atoms with Crippen LogP contribution in [-0.2, 0) is 6.54 Å². The molecule has 0 spiro atoms. The molecule has 1 N–H and O–H groups in total. The molecule has 146 valence electrons. The highest BCUT2D eigenvalue weighted by molar-refractivity contribution is 7.13. The van der Waals surface area contributed by atoms with E-state index >= 15 is 0 Å². The number of nitrogens with zero attached hydrogens (tertiary/aromatic N) is 2. The first-order chi connectivity index (χ1) is 13.7. The van der Waals surface area contributed by atoms with Crippen molar-refractivity contribution < 1.29 is 18.8 Å². The number of ether oxygens (including phenoxy) is 1. The van der Waals surface area contributed by atoms with Crippen molar-refractivity contribution in [3.8, 4) is 16.3 Å². The zero-order valence-corrected chi connectivity index (χ0v) is 16.7. The van der Waals surface area contributed by atoms with Crippen LogP contribution in [0.2, 0.25) is 0 Å². The van der Waals surface area contributed by atoms with E-state index in [4.69, 9.17) is 14.1 Å². The first-order valence-corrected chi connectivity index (χ1v) is 10.4. The largest absolute Gasteiger partial charge is 0.494 e. The van der Waals surface area contributed by atoms with Crippen LogP contribution >= 0.6 is 11.3 Å². The number of aromatic nitrogens is 1. The molecule has 1 aromatic carbocycles. The predicted molar refractivity (Wildman–Crippen MR) is 108 cm³/mol. The normalized spacial score (nSPS) is 15.0. The van der Waals surface area contributed by atoms with E-state index in [1.165, 1.54) is 4.90 Å². The maximum atomic E-state index is 12.4. The molecule has 1 aliphatic rings. The summed E-state index contributed by atoms with van der Waals surface area (Å²) in [6.45, 7) is 6.86. The number of rotatable bonds is 6. The Morgan fingerprint density at radius 2 is 2.04 bits per heavy atom. The van der Waals surface area contributed by atoms with E-state index in [1.54, 1.807) is 29.7 Å². The molecular formula is C21H24N3O3S+. The fourth-order valence-electron chi connectivity index (χ4n) is 3.40. The van der Waals surface area contributed by atoms with Gasteiger partial charge in [-0.3, -0.25) is 4.79 Å². The van der Waals surface area contributed by atoms with E-state index in [2.05, 4.69) is 17.5 Å². The molecule has 0 atom stereocenters. The second kappa shape index (κ2) is 8.58. The molecule has 0 bridgehead atoms. The van der Waals surface area contributed by atoms with E-state index in [0.717, 1.165) is 54.7 Å². The highest BCUT2D eigenvalue weighted by atomic mass is 32.1. The Kier molecular flexibility index (Phi) is 5.73. The van der Waals surface area contributed by atoms with Gasteiger partial charge >= 0.3 is 0 Å². The third kappa shape index (κ3) is 4.26. The lowest BCUT2D eigenvalue weighted by atomic mass is 10.2. The average Bonchev–Trinajstić information content (AvgIpc) is 3.41. The Balaban J connectivity index is 1.32. The summed E-state index contributed by atoms with van der Waals surface area (Å²) in [5, 5.41) is 3.17. The Morgan fingerprint density at radius 3 is 2.71 bits per heavy atom. The quantitative estimate of drug-likeness (QED) is 0.692. The van der Waals surface area contributed by atoms with Crippen molar-refractivity contribution in [2.75, 3.05) is 32.8 Å². The van der Waals surface area contributed by atoms with Crippen LogP contribution in [0.15, 0.2) is 52.5 Å². The standard InChI is InChI=1S/C21H23N3O3S/c1-2-26-18-7-5-16(6-8-18)20-22-17(15-28-20)14-23-9-11-24(12-10-23)21(25)19-4-3-13-27-19/h3-8,13,15H,2,9-12,14H2,1H3/p+1. The third-order valence-electron chi connectivity index (χ3n) is 4.88. The summed E-state index contributed by atoms with van der Waals surface area (Å²) in [6.07, 6.45) is 1.54. The number of thiazole rings is 1. The Hall–Kier alpha value is -2.64. The molecule has 0 aliphatic carbocycles. The molecule has 3 heterocycles. The van der Waals surface area contributed by atoms with Gasteiger partial charge in [0, 0.05) is 10.9 Å². The van der Waals surface area contributed by atoms with E-state index in [-0.39, 0.29) is 5.91 Å². The molecule has 1 saturated heterocycles. The molecule has 1 amide bonds. The highest BCUT2D eigenvalue weighted by Gasteiger charge is 2.26. The number of piperazine rings is 1. The number of benzene rings is 1. The number of hydrogen-bond donors (Lipinski definition) is 1. The van der Waals surface area contributed by atoms with Gasteiger partial charge in [0.25, 0.3) is 5.91 Å². The van der Waals surface area contributed by atoms with Gasteiger partial charge in [-0.2, -0.15) is 0 Å². The van der Waals surface area contributed by atoms with Crippen molar-refractivity contribution in [2.45, 2.75) is 13.5 Å². The second-order valence-electron chi connectivity index (χ2n) is 6.80. The number of nitrogens with one attached hydrogen (secondary N) is 1. The number of furan rings is 1. The van der Waals surface area contributed by atoms with Crippen LogP contribution < -0.4 is 9.64 Å². The van der Waals surface area contributed by atoms with Crippen LogP contribution in [0.5, 0.6) is 5.75 Å². The van der Waals surface area contributed by atoms with E-state index in [0.29, 0.717) is 12.4 Å². The molecule has 7 heteroatoms. The minimum Gasteiger partial charge on any atom is -0.494 e. The number of amides is 1. The van der Waals surface area contributed by atoms with Gasteiger partial charge in [-0.05, 0) is 43.3 Å². The van der Waals surface area contributed by atoms with Gasteiger partial charge in [-0.1, -0.05) is 0 Å². The second-order valence-corrected chi connectivity index (χ2v) is 7.66. The summed E-state index contributed by atoms with van der Waals surface area (Å²) in [6, 6.07) is 11.6. The van der Waals surface area contributed by atoms with Crippen LogP contribution in [0.1, 0.15) is 23.2 Å². The van der Waals surface area contributed by atoms with Crippen molar-refractivity contribution in [1.29, 1.82) is 0 Å². The summed E-state index contributed by atoms with van der Waals surface area (Å²) < 4.78 is 10.7. The van der Waals surface area contributed by atoms with Crippen LogP contribution in [0, 0.1) is 0 Å². The molecule has 0 radical (unpaired) electrons. The fourth-order valence-corrected chi connectivity index (χ4v) is 4.22. The molecule has 28 heavy (non-hydrogen) atoms. The van der Waals surface area contributed by atoms with Gasteiger partial charge in [0.2, 0.25) is 0 Å². The summed E-state index contributed by atoms with van der Waals surface area (Å²) >= 11 is 1.67. The average molecular weight is 399 g/mol. The molecular weight excluding hydrogens is 374 g/mol. The molecule has 6 nitrogen and oxygen atoms in total. The predicted octanol–water partition coefficient (Wildman–Crippen LogP) is 2.34. The lowest BCUT2D eigenvalue weighted by Crippen LogP contribution is -3.13. The number of quaternary nitrogens is 1. The number of carbonyl (C=O) groups excluding carboxylic acids is 1. The Morgan fingerprint density at radius 1 is 1.25 bits per heavy atom. The Labute approximate surface area is 168 Å². The first kappa shape index (κ1) is 18.7. The van der Waals surface area contributed by atoms with E-state index in [1.807, 2.05) is 24.0 Å². The molecule has 1 aliphatic heterocycles. The lowest BCUT2D eigenvalue weighted by molar-refractivity contribution is -0.917. The number of carbonyl (C=O) groups is 1. The minimum absolute atomic E-state index is 0.0181. The van der Waals surface area contributed by atoms with Crippen molar-refractivity contribution in [1.82, 2.24) is 9.88 Å². The smallest absolute Gasteiger partial charge is 0.289 e. The zero-order valence-electron chi connectivity index (χ0n) is 15.9. The van der Waals surface area contributed by atoms with Gasteiger partial charge in [-0.15, -0.1) is 11.3 Å². The lowest BCUT2D eigenvalue weighted by Gasteiger charge is -2.31. The molecule has 1 fully saturated rings. The molecule has 4 rings (SSSR count). The summed E-state index contributed by atoms with van der Waals surface area (Å²) in [4.78, 5) is 20.5. The Bertz CT molecular complexity index is 897. The topological polar surface area (TPSA) is 60.0 Å². The number of hydrogen-bond acceptors (Lipinski definition) is 5. The van der Waals surface area contributed by atoms with E-state index < -0.39 is 0 Å². The van der Waals surface area contributed by atoms with Gasteiger partial charge in [0.1, 0.15) is 23.0 Å². The van der Waals surface area contributed by atoms with Gasteiger partial charge in [0.05, 0.1) is 39.0 Å². The van der Waals surface area contributed by atoms with Crippen LogP contribution in [-0.4, -0.2) is 48.6 Å². The molecule has 3 aromatic rings. The van der Waals surface area contributed by atoms with Crippen molar-refractivity contribution in [3.63, 3.8) is 0 Å². The summed E-state index contributed by atoms with van der Waals surface area (Å²) in [7, 11) is 0. The fraction of sp³-hybridized carbons (Fsp3) is 0.333.